The lowest BCUT2D eigenvalue weighted by atomic mass is 10.2. The van der Waals surface area contributed by atoms with Gasteiger partial charge in [-0.2, -0.15) is 10.1 Å². The van der Waals surface area contributed by atoms with Gasteiger partial charge >= 0.3 is 0 Å². The molecule has 2 aliphatic rings. The van der Waals surface area contributed by atoms with Crippen LogP contribution in [0.2, 0.25) is 5.02 Å². The van der Waals surface area contributed by atoms with Gasteiger partial charge in [-0.05, 0) is 43.3 Å². The summed E-state index contributed by atoms with van der Waals surface area (Å²) >= 11 is 8.87. The first-order valence-electron chi connectivity index (χ1n) is 10.2. The van der Waals surface area contributed by atoms with Gasteiger partial charge in [-0.1, -0.05) is 41.6 Å². The van der Waals surface area contributed by atoms with Crippen molar-refractivity contribution in [1.29, 1.82) is 0 Å². The van der Waals surface area contributed by atoms with Crippen LogP contribution in [0.5, 0.6) is 0 Å². The Labute approximate surface area is 203 Å². The minimum absolute atomic E-state index is 0.143. The number of hydrazone groups is 1. The fourth-order valence-corrected chi connectivity index (χ4v) is 6.51. The van der Waals surface area contributed by atoms with Gasteiger partial charge < -0.3 is 4.90 Å². The van der Waals surface area contributed by atoms with Crippen LogP contribution in [0.1, 0.15) is 6.92 Å². The molecule has 2 aromatic carbocycles. The largest absolute Gasteiger partial charge is 0.337 e. The Hall–Kier alpha value is -3.07. The van der Waals surface area contributed by atoms with Crippen molar-refractivity contribution in [2.45, 2.75) is 18.4 Å². The molecule has 0 saturated heterocycles. The number of nitrogens with zero attached hydrogens (tertiary/aromatic N) is 4. The molecular weight excluding hydrogens is 476 g/mol. The van der Waals surface area contributed by atoms with Crippen molar-refractivity contribution in [1.82, 2.24) is 4.57 Å². The highest BCUT2D eigenvalue weighted by atomic mass is 35.5. The molecule has 0 bridgehead atoms. The van der Waals surface area contributed by atoms with E-state index in [1.165, 1.54) is 16.3 Å². The zero-order valence-electron chi connectivity index (χ0n) is 17.9. The number of benzene rings is 2. The van der Waals surface area contributed by atoms with Crippen LogP contribution in [0.15, 0.2) is 76.0 Å². The molecule has 1 aromatic heterocycles. The molecule has 2 aliphatic heterocycles. The van der Waals surface area contributed by atoms with Crippen molar-refractivity contribution >= 4 is 68.3 Å². The van der Waals surface area contributed by atoms with Crippen molar-refractivity contribution in [2.75, 3.05) is 17.0 Å². The predicted molar refractivity (Wildman–Crippen MR) is 138 cm³/mol. The third-order valence-corrected chi connectivity index (χ3v) is 8.24. The maximum absolute atomic E-state index is 13.5. The van der Waals surface area contributed by atoms with E-state index in [2.05, 4.69) is 11.7 Å². The molecule has 1 amide bonds. The van der Waals surface area contributed by atoms with Crippen LogP contribution in [0.4, 0.5) is 11.4 Å². The second-order valence-electron chi connectivity index (χ2n) is 7.53. The van der Waals surface area contributed by atoms with E-state index in [4.69, 9.17) is 11.6 Å². The van der Waals surface area contributed by atoms with E-state index >= 15 is 0 Å². The topological polar surface area (TPSA) is 57.9 Å². The summed E-state index contributed by atoms with van der Waals surface area (Å²) in [7, 11) is 1.95. The summed E-state index contributed by atoms with van der Waals surface area (Å²) in [5.74, 6) is -0.277. The fraction of sp³-hybridized carbons (Fsp3) is 0.125. The first-order valence-corrected chi connectivity index (χ1v) is 12.2. The summed E-state index contributed by atoms with van der Waals surface area (Å²) in [6, 6.07) is 14.9. The van der Waals surface area contributed by atoms with Crippen molar-refractivity contribution < 1.29 is 4.79 Å². The molecule has 0 N–H and O–H groups in total. The molecule has 0 saturated carbocycles. The smallest absolute Gasteiger partial charge is 0.283 e. The van der Waals surface area contributed by atoms with Gasteiger partial charge in [0.15, 0.2) is 0 Å². The van der Waals surface area contributed by atoms with Crippen molar-refractivity contribution in [3.8, 4) is 0 Å². The SMILES string of the molecule is C=CCn1c(=O)/c(=C2/Sc3ccccc3N2C)s/c1=C1/C(=O)N(c2ccc(Cl)cc2)N=C1C. The Balaban J connectivity index is 1.72. The van der Waals surface area contributed by atoms with Crippen molar-refractivity contribution in [2.24, 2.45) is 5.10 Å². The maximum atomic E-state index is 13.5. The van der Waals surface area contributed by atoms with Gasteiger partial charge in [0.05, 0.1) is 22.7 Å². The average molecular weight is 495 g/mol. The lowest BCUT2D eigenvalue weighted by molar-refractivity contribution is -0.112. The molecule has 0 aliphatic carbocycles. The third kappa shape index (κ3) is 3.55. The van der Waals surface area contributed by atoms with E-state index < -0.39 is 0 Å². The number of anilines is 2. The minimum atomic E-state index is -0.277. The highest BCUT2D eigenvalue weighted by Crippen LogP contribution is 2.44. The van der Waals surface area contributed by atoms with E-state index in [1.54, 1.807) is 53.6 Å². The number of amides is 1. The van der Waals surface area contributed by atoms with E-state index in [0.717, 1.165) is 15.6 Å². The number of hydrogen-bond donors (Lipinski definition) is 0. The number of para-hydroxylation sites is 1. The Morgan fingerprint density at radius 2 is 1.85 bits per heavy atom. The average Bonchev–Trinajstić information content (AvgIpc) is 3.41. The molecule has 0 fully saturated rings. The molecule has 0 atom stereocenters. The Morgan fingerprint density at radius 1 is 1.12 bits per heavy atom. The molecule has 6 nitrogen and oxygen atoms in total. The number of carbonyl (C=O) groups is 1. The van der Waals surface area contributed by atoms with E-state index in [-0.39, 0.29) is 11.5 Å². The van der Waals surface area contributed by atoms with Crippen LogP contribution in [0, 0.1) is 0 Å². The standard InChI is InChI=1S/C24H19ClN4O2S2/c1-4-13-28-22(31)20(24-27(3)17-7-5-6-8-18(17)32-24)33-23(28)19-14(2)26-29(21(19)30)16-11-9-15(25)10-12-16/h4-12H,1,13H2,2-3H3/b23-19+,24-20-. The van der Waals surface area contributed by atoms with Crippen LogP contribution in [-0.2, 0) is 11.3 Å². The molecule has 9 heteroatoms. The van der Waals surface area contributed by atoms with Crippen LogP contribution in [0.3, 0.4) is 0 Å². The van der Waals surface area contributed by atoms with Crippen LogP contribution >= 0.6 is 34.7 Å². The number of fused-ring (bicyclic) bond motifs is 1. The van der Waals surface area contributed by atoms with E-state index in [9.17, 15) is 9.59 Å². The second kappa shape index (κ2) is 8.37. The summed E-state index contributed by atoms with van der Waals surface area (Å²) in [6.07, 6.45) is 1.66. The Kier molecular flexibility index (Phi) is 5.52. The van der Waals surface area contributed by atoms with E-state index in [1.807, 2.05) is 36.2 Å². The first-order chi connectivity index (χ1) is 15.9. The Morgan fingerprint density at radius 3 is 2.55 bits per heavy atom. The normalized spacial score (nSPS) is 18.6. The summed E-state index contributed by atoms with van der Waals surface area (Å²) in [6.45, 7) is 5.88. The lowest BCUT2D eigenvalue weighted by Gasteiger charge is -2.11. The minimum Gasteiger partial charge on any atom is -0.337 e. The van der Waals surface area contributed by atoms with Gasteiger partial charge in [0, 0.05) is 23.5 Å². The van der Waals surface area contributed by atoms with Crippen molar-refractivity contribution in [3.05, 3.63) is 85.8 Å². The number of thioether (sulfide) groups is 1. The summed E-state index contributed by atoms with van der Waals surface area (Å²) in [5, 5.41) is 7.26. The predicted octanol–water partition coefficient (Wildman–Crippen LogP) is 3.63. The number of carbonyl (C=O) groups excluding carboxylic acids is 1. The zero-order valence-corrected chi connectivity index (χ0v) is 20.3. The fourth-order valence-electron chi connectivity index (χ4n) is 3.84. The van der Waals surface area contributed by atoms with Crippen molar-refractivity contribution in [3.63, 3.8) is 0 Å². The lowest BCUT2D eigenvalue weighted by Crippen LogP contribution is -2.35. The number of hydrogen-bond acceptors (Lipinski definition) is 6. The van der Waals surface area contributed by atoms with Gasteiger partial charge in [0.25, 0.3) is 11.5 Å². The summed E-state index contributed by atoms with van der Waals surface area (Å²) < 4.78 is 2.78. The maximum Gasteiger partial charge on any atom is 0.283 e. The molecule has 33 heavy (non-hydrogen) atoms. The van der Waals surface area contributed by atoms with Crippen LogP contribution in [0.25, 0.3) is 10.6 Å². The molecule has 3 aromatic rings. The number of thiazole rings is 1. The molecular formula is C24H19ClN4O2S2. The molecule has 0 radical (unpaired) electrons. The highest BCUT2D eigenvalue weighted by Gasteiger charge is 2.32. The number of rotatable bonds is 3. The second-order valence-corrected chi connectivity index (χ2v) is 9.99. The summed E-state index contributed by atoms with van der Waals surface area (Å²) in [4.78, 5) is 30.0. The van der Waals surface area contributed by atoms with Gasteiger partial charge in [-0.15, -0.1) is 17.9 Å². The van der Waals surface area contributed by atoms with Gasteiger partial charge in [-0.3, -0.25) is 14.2 Å². The molecule has 0 unspecified atom stereocenters. The van der Waals surface area contributed by atoms with E-state index in [0.29, 0.717) is 37.7 Å². The van der Waals surface area contributed by atoms with Gasteiger partial charge in [0.2, 0.25) is 0 Å². The number of aromatic nitrogens is 1. The van der Waals surface area contributed by atoms with Gasteiger partial charge in [-0.25, -0.2) is 0 Å². The molecule has 0 spiro atoms. The van der Waals surface area contributed by atoms with Crippen LogP contribution < -0.4 is 24.7 Å². The van der Waals surface area contributed by atoms with Crippen LogP contribution in [-0.4, -0.2) is 23.2 Å². The first kappa shape index (κ1) is 21.8. The number of allylic oxidation sites excluding steroid dienone is 1. The molecule has 166 valence electrons. The Bertz CT molecular complexity index is 1520. The monoisotopic (exact) mass is 494 g/mol. The molecule has 3 heterocycles. The summed E-state index contributed by atoms with van der Waals surface area (Å²) in [5.41, 5.74) is 2.50. The van der Waals surface area contributed by atoms with Gasteiger partial charge in [0.1, 0.15) is 14.2 Å². The number of halogens is 1. The molecule has 5 rings (SSSR count). The quantitative estimate of drug-likeness (QED) is 0.522. The zero-order chi connectivity index (χ0) is 23.3. The third-order valence-electron chi connectivity index (χ3n) is 5.43. The highest BCUT2D eigenvalue weighted by molar-refractivity contribution is 8.08.